The average molecular weight is 599 g/mol. The molecule has 0 radical (unpaired) electrons. The first-order valence-electron chi connectivity index (χ1n) is 16.7. The van der Waals surface area contributed by atoms with E-state index >= 15 is 0 Å². The fraction of sp³-hybridized carbons (Fsp3) is 0.190. The number of aryl methyl sites for hydroxylation is 2. The van der Waals surface area contributed by atoms with Gasteiger partial charge in [0.15, 0.2) is 0 Å². The van der Waals surface area contributed by atoms with Gasteiger partial charge in [0.1, 0.15) is 11.6 Å². The summed E-state index contributed by atoms with van der Waals surface area (Å²) in [4.78, 5) is 9.97. The van der Waals surface area contributed by atoms with Gasteiger partial charge in [-0.05, 0) is 97.5 Å². The maximum atomic E-state index is 5.03. The zero-order valence-corrected chi connectivity index (χ0v) is 26.6. The van der Waals surface area contributed by atoms with Crippen molar-refractivity contribution in [2.45, 2.75) is 52.4 Å². The first kappa shape index (κ1) is 28.3. The lowest BCUT2D eigenvalue weighted by Gasteiger charge is -2.10. The highest BCUT2D eigenvalue weighted by atomic mass is 15.1. The van der Waals surface area contributed by atoms with Crippen molar-refractivity contribution < 1.29 is 0 Å². The number of hydrogen-bond acceptors (Lipinski definition) is 2. The van der Waals surface area contributed by atoms with Crippen molar-refractivity contribution >= 4 is 43.6 Å². The first-order chi connectivity index (χ1) is 22.7. The van der Waals surface area contributed by atoms with Crippen LogP contribution in [-0.2, 0) is 12.8 Å². The van der Waals surface area contributed by atoms with Gasteiger partial charge in [-0.3, -0.25) is 9.13 Å². The van der Waals surface area contributed by atoms with Crippen LogP contribution in [0.3, 0.4) is 0 Å². The van der Waals surface area contributed by atoms with Crippen LogP contribution in [0.2, 0.25) is 0 Å². The molecule has 4 nitrogen and oxygen atoms in total. The molecule has 226 valence electrons. The van der Waals surface area contributed by atoms with E-state index in [2.05, 4.69) is 132 Å². The van der Waals surface area contributed by atoms with Gasteiger partial charge in [0, 0.05) is 45.1 Å². The SMILES string of the molecule is CCCCc1ccc2c(c1)c1cc(CCCC)ccc1n2-c1ccc(-c2ccc(-n3c4ccccc4c4ccccc43)nc2)cn1. The molecule has 4 heteroatoms. The summed E-state index contributed by atoms with van der Waals surface area (Å²) in [7, 11) is 0. The van der Waals surface area contributed by atoms with Gasteiger partial charge in [-0.2, -0.15) is 0 Å². The highest BCUT2D eigenvalue weighted by molar-refractivity contribution is 6.10. The van der Waals surface area contributed by atoms with E-state index in [1.54, 1.807) is 0 Å². The number of para-hydroxylation sites is 2. The van der Waals surface area contributed by atoms with Gasteiger partial charge >= 0.3 is 0 Å². The van der Waals surface area contributed by atoms with Gasteiger partial charge in [0.2, 0.25) is 0 Å². The van der Waals surface area contributed by atoms with Crippen molar-refractivity contribution in [3.63, 3.8) is 0 Å². The minimum absolute atomic E-state index is 0.910. The molecule has 0 atom stereocenters. The van der Waals surface area contributed by atoms with Gasteiger partial charge in [0.05, 0.1) is 22.1 Å². The van der Waals surface area contributed by atoms with Gasteiger partial charge in [-0.15, -0.1) is 0 Å². The summed E-state index contributed by atoms with van der Waals surface area (Å²) in [5, 5.41) is 5.11. The van der Waals surface area contributed by atoms with E-state index in [0.29, 0.717) is 0 Å². The average Bonchev–Trinajstić information content (AvgIpc) is 3.62. The van der Waals surface area contributed by atoms with Crippen LogP contribution >= 0.6 is 0 Å². The van der Waals surface area contributed by atoms with Crippen molar-refractivity contribution in [2.24, 2.45) is 0 Å². The number of benzene rings is 4. The minimum Gasteiger partial charge on any atom is -0.294 e. The van der Waals surface area contributed by atoms with E-state index in [0.717, 1.165) is 46.6 Å². The summed E-state index contributed by atoms with van der Waals surface area (Å²) < 4.78 is 4.57. The highest BCUT2D eigenvalue weighted by Gasteiger charge is 2.16. The molecule has 0 N–H and O–H groups in total. The molecule has 8 rings (SSSR count). The lowest BCUT2D eigenvalue weighted by atomic mass is 10.0. The number of pyridine rings is 2. The molecule has 0 aliphatic heterocycles. The molecule has 46 heavy (non-hydrogen) atoms. The van der Waals surface area contributed by atoms with E-state index in [9.17, 15) is 0 Å². The second kappa shape index (κ2) is 11.9. The van der Waals surface area contributed by atoms with Crippen LogP contribution in [0, 0.1) is 0 Å². The molecule has 0 bridgehead atoms. The molecule has 4 aromatic heterocycles. The molecule has 4 aromatic carbocycles. The maximum absolute atomic E-state index is 5.03. The van der Waals surface area contributed by atoms with Crippen LogP contribution < -0.4 is 0 Å². The number of aromatic nitrogens is 4. The Morgan fingerprint density at radius 2 is 0.891 bits per heavy atom. The second-order valence-electron chi connectivity index (χ2n) is 12.4. The smallest absolute Gasteiger partial charge is 0.137 e. The molecule has 0 amide bonds. The van der Waals surface area contributed by atoms with Crippen LogP contribution in [0.5, 0.6) is 0 Å². The lowest BCUT2D eigenvalue weighted by Crippen LogP contribution is -1.99. The topological polar surface area (TPSA) is 35.6 Å². The van der Waals surface area contributed by atoms with Crippen LogP contribution in [0.4, 0.5) is 0 Å². The van der Waals surface area contributed by atoms with Crippen LogP contribution in [-0.4, -0.2) is 19.1 Å². The van der Waals surface area contributed by atoms with Gasteiger partial charge in [-0.25, -0.2) is 9.97 Å². The Balaban J connectivity index is 1.16. The Morgan fingerprint density at radius 1 is 0.457 bits per heavy atom. The normalized spacial score (nSPS) is 11.8. The fourth-order valence-electron chi connectivity index (χ4n) is 6.98. The Morgan fingerprint density at radius 3 is 1.30 bits per heavy atom. The van der Waals surface area contributed by atoms with Crippen LogP contribution in [0.15, 0.2) is 122 Å². The standard InChI is InChI=1S/C42H38N4/c1-3-5-11-29-17-21-39-35(25-29)36-26-30(12-6-4-2)18-22-40(36)46(39)42-24-20-32(28-44-42)31-19-23-41(43-27-31)45-37-15-9-7-13-33(37)34-14-8-10-16-38(34)45/h7-10,13-28H,3-6,11-12H2,1-2H3. The summed E-state index contributed by atoms with van der Waals surface area (Å²) in [5.74, 6) is 1.84. The van der Waals surface area contributed by atoms with Crippen molar-refractivity contribution in [2.75, 3.05) is 0 Å². The summed E-state index contributed by atoms with van der Waals surface area (Å²) in [6.45, 7) is 4.52. The third kappa shape index (κ3) is 4.85. The molecule has 8 aromatic rings. The molecule has 0 fully saturated rings. The maximum Gasteiger partial charge on any atom is 0.137 e. The van der Waals surface area contributed by atoms with Crippen molar-refractivity contribution in [1.29, 1.82) is 0 Å². The van der Waals surface area contributed by atoms with Crippen molar-refractivity contribution in [3.05, 3.63) is 133 Å². The zero-order chi connectivity index (χ0) is 31.0. The molecule has 0 saturated carbocycles. The zero-order valence-electron chi connectivity index (χ0n) is 26.6. The van der Waals surface area contributed by atoms with Gasteiger partial charge < -0.3 is 0 Å². The van der Waals surface area contributed by atoms with E-state index in [-0.39, 0.29) is 0 Å². The van der Waals surface area contributed by atoms with E-state index in [4.69, 9.17) is 9.97 Å². The fourth-order valence-corrected chi connectivity index (χ4v) is 6.98. The number of hydrogen-bond donors (Lipinski definition) is 0. The molecular weight excluding hydrogens is 560 g/mol. The van der Waals surface area contributed by atoms with Crippen LogP contribution in [0.1, 0.15) is 50.7 Å². The van der Waals surface area contributed by atoms with E-state index < -0.39 is 0 Å². The monoisotopic (exact) mass is 598 g/mol. The molecule has 0 unspecified atom stereocenters. The Bertz CT molecular complexity index is 2200. The Hall–Kier alpha value is -5.22. The summed E-state index contributed by atoms with van der Waals surface area (Å²) in [6, 6.07) is 39.6. The summed E-state index contributed by atoms with van der Waals surface area (Å²) in [6.07, 6.45) is 11.0. The first-order valence-corrected chi connectivity index (χ1v) is 16.7. The van der Waals surface area contributed by atoms with E-state index in [1.807, 2.05) is 12.4 Å². The molecule has 0 saturated heterocycles. The highest BCUT2D eigenvalue weighted by Crippen LogP contribution is 2.35. The predicted molar refractivity (Wildman–Crippen MR) is 193 cm³/mol. The third-order valence-corrected chi connectivity index (χ3v) is 9.40. The van der Waals surface area contributed by atoms with Gasteiger partial charge in [0.25, 0.3) is 0 Å². The lowest BCUT2D eigenvalue weighted by molar-refractivity contribution is 0.795. The number of fused-ring (bicyclic) bond motifs is 6. The number of unbranched alkanes of at least 4 members (excludes halogenated alkanes) is 2. The largest absolute Gasteiger partial charge is 0.294 e. The van der Waals surface area contributed by atoms with Gasteiger partial charge in [-0.1, -0.05) is 75.2 Å². The second-order valence-corrected chi connectivity index (χ2v) is 12.4. The quantitative estimate of drug-likeness (QED) is 0.166. The molecule has 0 aliphatic rings. The summed E-state index contributed by atoms with van der Waals surface area (Å²) >= 11 is 0. The van der Waals surface area contributed by atoms with Crippen molar-refractivity contribution in [1.82, 2.24) is 19.1 Å². The summed E-state index contributed by atoms with van der Waals surface area (Å²) in [5.41, 5.74) is 9.66. The van der Waals surface area contributed by atoms with Crippen molar-refractivity contribution in [3.8, 4) is 22.8 Å². The molecule has 0 aliphatic carbocycles. The molecular formula is C42H38N4. The molecule has 4 heterocycles. The number of rotatable bonds is 9. The minimum atomic E-state index is 0.910. The third-order valence-electron chi connectivity index (χ3n) is 9.40. The Labute approximate surface area is 270 Å². The molecule has 0 spiro atoms. The Kier molecular flexibility index (Phi) is 7.34. The van der Waals surface area contributed by atoms with Crippen LogP contribution in [0.25, 0.3) is 66.4 Å². The van der Waals surface area contributed by atoms with E-state index in [1.165, 1.54) is 69.4 Å². The predicted octanol–water partition coefficient (Wildman–Crippen LogP) is 11.0. The number of nitrogens with zero attached hydrogens (tertiary/aromatic N) is 4.